The molecule has 19 heavy (non-hydrogen) atoms. The van der Waals surface area contributed by atoms with E-state index in [9.17, 15) is 0 Å². The molecule has 3 nitrogen and oxygen atoms in total. The minimum absolute atomic E-state index is 0.754. The van der Waals surface area contributed by atoms with Crippen LogP contribution in [0.25, 0.3) is 0 Å². The van der Waals surface area contributed by atoms with Gasteiger partial charge in [0, 0.05) is 11.3 Å². The predicted molar refractivity (Wildman–Crippen MR) is 80.6 cm³/mol. The lowest BCUT2D eigenvalue weighted by atomic mass is 10.3. The van der Waals surface area contributed by atoms with Crippen molar-refractivity contribution in [3.63, 3.8) is 0 Å². The number of hydrogen-bond acceptors (Lipinski definition) is 4. The van der Waals surface area contributed by atoms with Crippen LogP contribution in [-0.4, -0.2) is 32.1 Å². The molecule has 1 aliphatic rings. The van der Waals surface area contributed by atoms with Gasteiger partial charge >= 0.3 is 0 Å². The summed E-state index contributed by atoms with van der Waals surface area (Å²) in [6.07, 6.45) is 3.44. The zero-order valence-corrected chi connectivity index (χ0v) is 12.4. The lowest BCUT2D eigenvalue weighted by Gasteiger charge is -2.09. The second-order valence-electron chi connectivity index (χ2n) is 4.57. The van der Waals surface area contributed by atoms with E-state index in [1.807, 2.05) is 17.8 Å². The summed E-state index contributed by atoms with van der Waals surface area (Å²) >= 11 is 1.89. The minimum Gasteiger partial charge on any atom is -0.490 e. The van der Waals surface area contributed by atoms with Crippen molar-refractivity contribution in [2.45, 2.75) is 31.1 Å². The molecule has 1 heterocycles. The maximum absolute atomic E-state index is 5.70. The fourth-order valence-electron chi connectivity index (χ4n) is 1.95. The first kappa shape index (κ1) is 14.5. The Morgan fingerprint density at radius 2 is 2.00 bits per heavy atom. The zero-order chi connectivity index (χ0) is 13.3. The quantitative estimate of drug-likeness (QED) is 0.613. The van der Waals surface area contributed by atoms with E-state index in [0.717, 1.165) is 50.0 Å². The first-order valence-corrected chi connectivity index (χ1v) is 8.12. The van der Waals surface area contributed by atoms with Gasteiger partial charge in [0.2, 0.25) is 0 Å². The molecule has 0 radical (unpaired) electrons. The van der Waals surface area contributed by atoms with Crippen molar-refractivity contribution in [2.24, 2.45) is 0 Å². The highest BCUT2D eigenvalue weighted by Crippen LogP contribution is 2.34. The molecule has 0 bridgehead atoms. The van der Waals surface area contributed by atoms with E-state index >= 15 is 0 Å². The highest BCUT2D eigenvalue weighted by atomic mass is 32.2. The monoisotopic (exact) mass is 281 g/mol. The SMILES string of the molecule is CCNCCCCSc1ccc2c(c1)OCCCO2. The average molecular weight is 281 g/mol. The van der Waals surface area contributed by atoms with Crippen LogP contribution in [0.1, 0.15) is 26.2 Å². The summed E-state index contributed by atoms with van der Waals surface area (Å²) in [5.41, 5.74) is 0. The topological polar surface area (TPSA) is 30.5 Å². The van der Waals surface area contributed by atoms with Crippen LogP contribution in [0.3, 0.4) is 0 Å². The van der Waals surface area contributed by atoms with E-state index in [0.29, 0.717) is 0 Å². The number of rotatable bonds is 7. The van der Waals surface area contributed by atoms with Gasteiger partial charge < -0.3 is 14.8 Å². The number of nitrogens with one attached hydrogen (secondary N) is 1. The lowest BCUT2D eigenvalue weighted by molar-refractivity contribution is 0.297. The molecule has 0 unspecified atom stereocenters. The summed E-state index contributed by atoms with van der Waals surface area (Å²) in [5.74, 6) is 2.94. The van der Waals surface area contributed by atoms with Crippen molar-refractivity contribution in [1.82, 2.24) is 5.32 Å². The van der Waals surface area contributed by atoms with Gasteiger partial charge in [-0.15, -0.1) is 11.8 Å². The van der Waals surface area contributed by atoms with Gasteiger partial charge in [-0.1, -0.05) is 6.92 Å². The second kappa shape index (κ2) is 8.33. The van der Waals surface area contributed by atoms with Gasteiger partial charge in [-0.25, -0.2) is 0 Å². The van der Waals surface area contributed by atoms with E-state index in [1.54, 1.807) is 0 Å². The molecule has 1 aromatic rings. The fourth-order valence-corrected chi connectivity index (χ4v) is 2.89. The predicted octanol–water partition coefficient (Wildman–Crippen LogP) is 3.33. The third-order valence-corrected chi connectivity index (χ3v) is 4.07. The molecule has 0 atom stereocenters. The Hall–Kier alpha value is -0.870. The van der Waals surface area contributed by atoms with Gasteiger partial charge in [-0.05, 0) is 49.9 Å². The van der Waals surface area contributed by atoms with Crippen molar-refractivity contribution in [3.8, 4) is 11.5 Å². The van der Waals surface area contributed by atoms with Crippen LogP contribution < -0.4 is 14.8 Å². The summed E-state index contributed by atoms with van der Waals surface area (Å²) in [4.78, 5) is 1.27. The molecule has 0 amide bonds. The molecule has 0 aromatic heterocycles. The van der Waals surface area contributed by atoms with Crippen molar-refractivity contribution in [2.75, 3.05) is 32.1 Å². The Balaban J connectivity index is 1.76. The second-order valence-corrected chi connectivity index (χ2v) is 5.74. The Kier molecular flexibility index (Phi) is 6.37. The molecular weight excluding hydrogens is 258 g/mol. The van der Waals surface area contributed by atoms with Crippen LogP contribution in [0.4, 0.5) is 0 Å². The summed E-state index contributed by atoms with van der Waals surface area (Å²) in [7, 11) is 0. The molecular formula is C15H23NO2S. The number of hydrogen-bond donors (Lipinski definition) is 1. The minimum atomic E-state index is 0.754. The Bertz CT molecular complexity index is 384. The van der Waals surface area contributed by atoms with Gasteiger partial charge in [0.1, 0.15) is 0 Å². The number of benzene rings is 1. The molecule has 1 N–H and O–H groups in total. The first-order valence-electron chi connectivity index (χ1n) is 7.13. The first-order chi connectivity index (χ1) is 9.40. The Morgan fingerprint density at radius 1 is 1.16 bits per heavy atom. The van der Waals surface area contributed by atoms with E-state index in [1.165, 1.54) is 17.7 Å². The highest BCUT2D eigenvalue weighted by molar-refractivity contribution is 7.99. The van der Waals surface area contributed by atoms with Crippen LogP contribution in [0.15, 0.2) is 23.1 Å². The molecule has 0 saturated carbocycles. The van der Waals surface area contributed by atoms with Crippen molar-refractivity contribution >= 4 is 11.8 Å². The van der Waals surface area contributed by atoms with Crippen LogP contribution in [-0.2, 0) is 0 Å². The molecule has 0 saturated heterocycles. The number of fused-ring (bicyclic) bond motifs is 1. The molecule has 4 heteroatoms. The summed E-state index contributed by atoms with van der Waals surface area (Å²) in [5, 5.41) is 3.35. The van der Waals surface area contributed by atoms with Crippen LogP contribution >= 0.6 is 11.8 Å². The molecule has 1 aromatic carbocycles. The Labute approximate surface area is 120 Å². The van der Waals surface area contributed by atoms with Crippen molar-refractivity contribution in [3.05, 3.63) is 18.2 Å². The molecule has 1 aliphatic heterocycles. The van der Waals surface area contributed by atoms with Crippen LogP contribution in [0, 0.1) is 0 Å². The number of unbranched alkanes of at least 4 members (excludes halogenated alkanes) is 1. The van der Waals surface area contributed by atoms with Crippen LogP contribution in [0.2, 0.25) is 0 Å². The molecule has 2 rings (SSSR count). The van der Waals surface area contributed by atoms with Crippen LogP contribution in [0.5, 0.6) is 11.5 Å². The molecule has 0 spiro atoms. The fraction of sp³-hybridized carbons (Fsp3) is 0.600. The maximum atomic E-state index is 5.70. The van der Waals surface area contributed by atoms with Crippen molar-refractivity contribution in [1.29, 1.82) is 0 Å². The standard InChI is InChI=1S/C15H23NO2S/c1-2-16-8-3-4-11-19-13-6-7-14-15(12-13)18-10-5-9-17-14/h6-7,12,16H,2-5,8-11H2,1H3. The summed E-state index contributed by atoms with van der Waals surface area (Å²) in [6.45, 7) is 5.84. The number of thioether (sulfide) groups is 1. The van der Waals surface area contributed by atoms with Gasteiger partial charge in [-0.2, -0.15) is 0 Å². The summed E-state index contributed by atoms with van der Waals surface area (Å²) in [6, 6.07) is 6.26. The molecule has 0 fully saturated rings. The average Bonchev–Trinajstić information content (AvgIpc) is 2.67. The maximum Gasteiger partial charge on any atom is 0.162 e. The van der Waals surface area contributed by atoms with E-state index in [2.05, 4.69) is 24.4 Å². The molecule has 106 valence electrons. The van der Waals surface area contributed by atoms with Gasteiger partial charge in [-0.3, -0.25) is 0 Å². The van der Waals surface area contributed by atoms with E-state index in [-0.39, 0.29) is 0 Å². The zero-order valence-electron chi connectivity index (χ0n) is 11.6. The largest absolute Gasteiger partial charge is 0.490 e. The van der Waals surface area contributed by atoms with Gasteiger partial charge in [0.15, 0.2) is 11.5 Å². The smallest absolute Gasteiger partial charge is 0.162 e. The number of ether oxygens (including phenoxy) is 2. The lowest BCUT2D eigenvalue weighted by Crippen LogP contribution is -2.13. The Morgan fingerprint density at radius 3 is 2.84 bits per heavy atom. The van der Waals surface area contributed by atoms with Crippen molar-refractivity contribution < 1.29 is 9.47 Å². The highest BCUT2D eigenvalue weighted by Gasteiger charge is 2.10. The third kappa shape index (κ3) is 4.96. The third-order valence-electron chi connectivity index (χ3n) is 2.99. The van der Waals surface area contributed by atoms with Gasteiger partial charge in [0.25, 0.3) is 0 Å². The molecule has 0 aliphatic carbocycles. The van der Waals surface area contributed by atoms with E-state index < -0.39 is 0 Å². The van der Waals surface area contributed by atoms with E-state index in [4.69, 9.17) is 9.47 Å². The van der Waals surface area contributed by atoms with Gasteiger partial charge in [0.05, 0.1) is 13.2 Å². The summed E-state index contributed by atoms with van der Waals surface area (Å²) < 4.78 is 11.3. The normalized spacial score (nSPS) is 14.2.